The Morgan fingerprint density at radius 3 is 3.20 bits per heavy atom. The standard InChI is InChI=1S/C11H11NO3/c1-7-9-3-2-4-10(11(9)15-12-7)14-6-8-5-13-8/h2-4,8H,5-6H2,1H3. The fourth-order valence-corrected chi connectivity index (χ4v) is 1.52. The third kappa shape index (κ3) is 1.57. The number of para-hydroxylation sites is 1. The molecule has 0 amide bonds. The van der Waals surface area contributed by atoms with Crippen LogP contribution < -0.4 is 4.74 Å². The number of aryl methyl sites for hydroxylation is 1. The van der Waals surface area contributed by atoms with Gasteiger partial charge in [0.15, 0.2) is 5.75 Å². The van der Waals surface area contributed by atoms with E-state index in [0.29, 0.717) is 6.61 Å². The van der Waals surface area contributed by atoms with Crippen LogP contribution in [0.15, 0.2) is 22.7 Å². The smallest absolute Gasteiger partial charge is 0.208 e. The first-order chi connectivity index (χ1) is 7.34. The van der Waals surface area contributed by atoms with Crippen molar-refractivity contribution in [3.63, 3.8) is 0 Å². The predicted octanol–water partition coefficient (Wildman–Crippen LogP) is 1.91. The molecule has 0 N–H and O–H groups in total. The molecular weight excluding hydrogens is 194 g/mol. The molecule has 1 unspecified atom stereocenters. The molecule has 1 saturated heterocycles. The third-order valence-electron chi connectivity index (χ3n) is 2.47. The summed E-state index contributed by atoms with van der Waals surface area (Å²) < 4.78 is 15.9. The number of benzene rings is 1. The van der Waals surface area contributed by atoms with Crippen LogP contribution in [0.4, 0.5) is 0 Å². The number of ether oxygens (including phenoxy) is 2. The quantitative estimate of drug-likeness (QED) is 0.718. The molecule has 0 aliphatic carbocycles. The first-order valence-corrected chi connectivity index (χ1v) is 4.94. The van der Waals surface area contributed by atoms with Gasteiger partial charge in [-0.1, -0.05) is 11.2 Å². The summed E-state index contributed by atoms with van der Waals surface area (Å²) in [6.07, 6.45) is 0.254. The summed E-state index contributed by atoms with van der Waals surface area (Å²) in [6.45, 7) is 3.30. The minimum atomic E-state index is 0.254. The van der Waals surface area contributed by atoms with Crippen molar-refractivity contribution in [2.45, 2.75) is 13.0 Å². The van der Waals surface area contributed by atoms with Crippen molar-refractivity contribution < 1.29 is 14.0 Å². The maximum absolute atomic E-state index is 5.60. The molecule has 3 rings (SSSR count). The molecule has 4 nitrogen and oxygen atoms in total. The van der Waals surface area contributed by atoms with Crippen molar-refractivity contribution >= 4 is 11.0 Å². The highest BCUT2D eigenvalue weighted by molar-refractivity contribution is 5.84. The van der Waals surface area contributed by atoms with Gasteiger partial charge < -0.3 is 14.0 Å². The van der Waals surface area contributed by atoms with Crippen LogP contribution in [-0.4, -0.2) is 24.5 Å². The Bertz CT molecular complexity index is 488. The molecule has 78 valence electrons. The van der Waals surface area contributed by atoms with E-state index in [1.165, 1.54) is 0 Å². The fourth-order valence-electron chi connectivity index (χ4n) is 1.52. The van der Waals surface area contributed by atoms with Crippen LogP contribution in [-0.2, 0) is 4.74 Å². The van der Waals surface area contributed by atoms with E-state index in [2.05, 4.69) is 5.16 Å². The maximum atomic E-state index is 5.60. The van der Waals surface area contributed by atoms with Crippen molar-refractivity contribution in [3.8, 4) is 5.75 Å². The minimum Gasteiger partial charge on any atom is -0.487 e. The van der Waals surface area contributed by atoms with Crippen LogP contribution in [0, 0.1) is 6.92 Å². The monoisotopic (exact) mass is 205 g/mol. The summed E-state index contributed by atoms with van der Waals surface area (Å²) in [6, 6.07) is 5.80. The molecule has 1 atom stereocenters. The van der Waals surface area contributed by atoms with E-state index in [4.69, 9.17) is 14.0 Å². The highest BCUT2D eigenvalue weighted by Crippen LogP contribution is 2.28. The topological polar surface area (TPSA) is 47.8 Å². The lowest BCUT2D eigenvalue weighted by molar-refractivity contribution is 0.261. The van der Waals surface area contributed by atoms with E-state index < -0.39 is 0 Å². The molecule has 2 heterocycles. The predicted molar refractivity (Wildman–Crippen MR) is 54.0 cm³/mol. The van der Waals surface area contributed by atoms with Crippen LogP contribution in [0.1, 0.15) is 5.69 Å². The summed E-state index contributed by atoms with van der Waals surface area (Å²) in [5, 5.41) is 4.92. The van der Waals surface area contributed by atoms with E-state index >= 15 is 0 Å². The van der Waals surface area contributed by atoms with Gasteiger partial charge in [0.2, 0.25) is 5.58 Å². The van der Waals surface area contributed by atoms with Crippen molar-refractivity contribution in [1.29, 1.82) is 0 Å². The summed E-state index contributed by atoms with van der Waals surface area (Å²) >= 11 is 0. The van der Waals surface area contributed by atoms with E-state index in [1.54, 1.807) is 0 Å². The first kappa shape index (κ1) is 8.73. The zero-order chi connectivity index (χ0) is 10.3. The van der Waals surface area contributed by atoms with Crippen LogP contribution in [0.25, 0.3) is 11.0 Å². The molecule has 1 aliphatic heterocycles. The second-order valence-corrected chi connectivity index (χ2v) is 3.67. The Balaban J connectivity index is 1.94. The summed E-state index contributed by atoms with van der Waals surface area (Å²) in [5.41, 5.74) is 1.61. The molecule has 1 aliphatic rings. The zero-order valence-corrected chi connectivity index (χ0v) is 8.40. The Morgan fingerprint density at radius 2 is 2.40 bits per heavy atom. The fraction of sp³-hybridized carbons (Fsp3) is 0.364. The third-order valence-corrected chi connectivity index (χ3v) is 2.47. The van der Waals surface area contributed by atoms with Crippen molar-refractivity contribution in [2.24, 2.45) is 0 Å². The van der Waals surface area contributed by atoms with Crippen molar-refractivity contribution in [1.82, 2.24) is 5.16 Å². The highest BCUT2D eigenvalue weighted by Gasteiger charge is 2.23. The number of hydrogen-bond donors (Lipinski definition) is 0. The van der Waals surface area contributed by atoms with Gasteiger partial charge in [0.05, 0.1) is 12.3 Å². The largest absolute Gasteiger partial charge is 0.487 e. The van der Waals surface area contributed by atoms with Crippen molar-refractivity contribution in [3.05, 3.63) is 23.9 Å². The van der Waals surface area contributed by atoms with Crippen LogP contribution >= 0.6 is 0 Å². The second-order valence-electron chi connectivity index (χ2n) is 3.67. The number of hydrogen-bond acceptors (Lipinski definition) is 4. The van der Waals surface area contributed by atoms with Gasteiger partial charge in [0, 0.05) is 5.39 Å². The summed E-state index contributed by atoms with van der Waals surface area (Å²) in [4.78, 5) is 0. The van der Waals surface area contributed by atoms with Crippen LogP contribution in [0.2, 0.25) is 0 Å². The second kappa shape index (κ2) is 3.24. The molecular formula is C11H11NO3. The SMILES string of the molecule is Cc1noc2c(OCC3CO3)cccc12. The molecule has 4 heteroatoms. The Labute approximate surface area is 86.8 Å². The molecule has 0 saturated carbocycles. The van der Waals surface area contributed by atoms with Gasteiger partial charge in [-0.25, -0.2) is 0 Å². The lowest BCUT2D eigenvalue weighted by Gasteiger charge is -2.03. The van der Waals surface area contributed by atoms with E-state index in [9.17, 15) is 0 Å². The number of epoxide rings is 1. The Morgan fingerprint density at radius 1 is 1.53 bits per heavy atom. The van der Waals surface area contributed by atoms with Gasteiger partial charge in [-0.3, -0.25) is 0 Å². The van der Waals surface area contributed by atoms with Gasteiger partial charge in [0.1, 0.15) is 12.7 Å². The average Bonchev–Trinajstić information content (AvgIpc) is 3.01. The summed E-state index contributed by atoms with van der Waals surface area (Å²) in [5.74, 6) is 0.739. The molecule has 1 aromatic carbocycles. The highest BCUT2D eigenvalue weighted by atomic mass is 16.6. The molecule has 15 heavy (non-hydrogen) atoms. The van der Waals surface area contributed by atoms with Gasteiger partial charge in [-0.15, -0.1) is 0 Å². The molecule has 2 aromatic rings. The van der Waals surface area contributed by atoms with E-state index in [1.807, 2.05) is 25.1 Å². The van der Waals surface area contributed by atoms with Crippen molar-refractivity contribution in [2.75, 3.05) is 13.2 Å². The molecule has 0 spiro atoms. The molecule has 1 fully saturated rings. The van der Waals surface area contributed by atoms with Gasteiger partial charge in [-0.05, 0) is 19.1 Å². The Kier molecular flexibility index (Phi) is 1.89. The molecule has 0 bridgehead atoms. The lowest BCUT2D eigenvalue weighted by atomic mass is 10.2. The maximum Gasteiger partial charge on any atom is 0.208 e. The van der Waals surface area contributed by atoms with Gasteiger partial charge in [-0.2, -0.15) is 0 Å². The Hall–Kier alpha value is -1.55. The van der Waals surface area contributed by atoms with E-state index in [0.717, 1.165) is 29.0 Å². The first-order valence-electron chi connectivity index (χ1n) is 4.94. The van der Waals surface area contributed by atoms with Crippen LogP contribution in [0.3, 0.4) is 0 Å². The van der Waals surface area contributed by atoms with Gasteiger partial charge in [0.25, 0.3) is 0 Å². The number of nitrogens with zero attached hydrogens (tertiary/aromatic N) is 1. The van der Waals surface area contributed by atoms with Gasteiger partial charge >= 0.3 is 0 Å². The minimum absolute atomic E-state index is 0.254. The van der Waals surface area contributed by atoms with Crippen LogP contribution in [0.5, 0.6) is 5.75 Å². The number of fused-ring (bicyclic) bond motifs is 1. The summed E-state index contributed by atoms with van der Waals surface area (Å²) in [7, 11) is 0. The molecule has 1 aromatic heterocycles. The average molecular weight is 205 g/mol. The molecule has 0 radical (unpaired) electrons. The van der Waals surface area contributed by atoms with E-state index in [-0.39, 0.29) is 6.10 Å². The lowest BCUT2D eigenvalue weighted by Crippen LogP contribution is -2.03. The normalized spacial score (nSPS) is 19.4. The number of aromatic nitrogens is 1. The number of rotatable bonds is 3. The zero-order valence-electron chi connectivity index (χ0n) is 8.40.